The Morgan fingerprint density at radius 3 is 2.41 bits per heavy atom. The number of anilines is 1. The highest BCUT2D eigenvalue weighted by Crippen LogP contribution is 2.42. The van der Waals surface area contributed by atoms with Gasteiger partial charge in [-0.3, -0.25) is 0 Å². The highest BCUT2D eigenvalue weighted by molar-refractivity contribution is 7.89. The van der Waals surface area contributed by atoms with Gasteiger partial charge in [-0.15, -0.1) is 0 Å². The molecule has 1 aliphatic heterocycles. The molecule has 0 radical (unpaired) electrons. The molecule has 204 valence electrons. The molecule has 0 unspecified atom stereocenters. The van der Waals surface area contributed by atoms with E-state index in [0.717, 1.165) is 41.5 Å². The standard InChI is InChI=1S/C29H32N4O5S/c34-22-12-10-21(11-13-22)33-39(35,36)24-14-8-20(9-15-24)27-25(19-5-2-1-3-6-19)26-28(31-18-32-29(26)38-27)30-17-23-7-4-16-37-23/h1-3,5-6,8-9,14-15,18,21-23,33-34H,4,7,10-13,16-17H2,(H,30,31,32)/t21?,22?,23-/m0/s1. The molecule has 2 fully saturated rings. The lowest BCUT2D eigenvalue weighted by Gasteiger charge is -2.26. The number of nitrogens with one attached hydrogen (secondary N) is 2. The van der Waals surface area contributed by atoms with Crippen molar-refractivity contribution in [2.45, 2.75) is 61.7 Å². The van der Waals surface area contributed by atoms with E-state index < -0.39 is 10.0 Å². The van der Waals surface area contributed by atoms with E-state index in [1.807, 2.05) is 30.3 Å². The zero-order valence-corrected chi connectivity index (χ0v) is 22.4. The molecular weight excluding hydrogens is 516 g/mol. The second kappa shape index (κ2) is 11.1. The van der Waals surface area contributed by atoms with Crippen molar-refractivity contribution in [1.29, 1.82) is 0 Å². The minimum atomic E-state index is -3.69. The highest BCUT2D eigenvalue weighted by Gasteiger charge is 2.26. The molecule has 1 saturated carbocycles. The lowest BCUT2D eigenvalue weighted by molar-refractivity contribution is 0.120. The van der Waals surface area contributed by atoms with Gasteiger partial charge in [0, 0.05) is 30.3 Å². The number of aromatic nitrogens is 2. The Kier molecular flexibility index (Phi) is 7.35. The smallest absolute Gasteiger partial charge is 0.240 e. The van der Waals surface area contributed by atoms with E-state index in [1.54, 1.807) is 24.3 Å². The van der Waals surface area contributed by atoms with Gasteiger partial charge in [-0.1, -0.05) is 30.3 Å². The molecular formula is C29H32N4O5S. The fourth-order valence-corrected chi connectivity index (χ4v) is 6.74. The first-order chi connectivity index (χ1) is 19.0. The molecule has 2 aliphatic rings. The van der Waals surface area contributed by atoms with Crippen LogP contribution in [0.3, 0.4) is 0 Å². The lowest BCUT2D eigenvalue weighted by Crippen LogP contribution is -2.38. The third-order valence-corrected chi connectivity index (χ3v) is 9.05. The number of hydrogen-bond acceptors (Lipinski definition) is 8. The summed E-state index contributed by atoms with van der Waals surface area (Å²) in [5.41, 5.74) is 2.97. The third-order valence-electron chi connectivity index (χ3n) is 7.52. The van der Waals surface area contributed by atoms with Crippen LogP contribution in [0.2, 0.25) is 0 Å². The molecule has 1 saturated heterocycles. The molecule has 3 heterocycles. The van der Waals surface area contributed by atoms with Gasteiger partial charge in [-0.2, -0.15) is 0 Å². The first-order valence-electron chi connectivity index (χ1n) is 13.5. The number of rotatable bonds is 8. The van der Waals surface area contributed by atoms with Crippen LogP contribution >= 0.6 is 0 Å². The van der Waals surface area contributed by atoms with E-state index in [1.165, 1.54) is 6.33 Å². The van der Waals surface area contributed by atoms with E-state index in [0.29, 0.717) is 49.5 Å². The number of aliphatic hydroxyl groups is 1. The number of sulfonamides is 1. The summed E-state index contributed by atoms with van der Waals surface area (Å²) in [6.45, 7) is 1.42. The first kappa shape index (κ1) is 25.9. The summed E-state index contributed by atoms with van der Waals surface area (Å²) in [6, 6.07) is 16.4. The van der Waals surface area contributed by atoms with Crippen LogP contribution in [0, 0.1) is 0 Å². The Morgan fingerprint density at radius 2 is 1.69 bits per heavy atom. The number of fused-ring (bicyclic) bond motifs is 1. The van der Waals surface area contributed by atoms with Crippen LogP contribution < -0.4 is 10.0 Å². The van der Waals surface area contributed by atoms with Gasteiger partial charge in [0.15, 0.2) is 0 Å². The predicted molar refractivity (Wildman–Crippen MR) is 149 cm³/mol. The Labute approximate surface area is 227 Å². The van der Waals surface area contributed by atoms with Crippen LogP contribution in [-0.2, 0) is 14.8 Å². The Bertz CT molecular complexity index is 1530. The number of nitrogens with zero attached hydrogens (tertiary/aromatic N) is 2. The molecule has 9 nitrogen and oxygen atoms in total. The average Bonchev–Trinajstić information content (AvgIpc) is 3.62. The van der Waals surface area contributed by atoms with Gasteiger partial charge in [0.1, 0.15) is 17.9 Å². The minimum Gasteiger partial charge on any atom is -0.437 e. The minimum absolute atomic E-state index is 0.142. The van der Waals surface area contributed by atoms with Gasteiger partial charge in [0.25, 0.3) is 0 Å². The van der Waals surface area contributed by atoms with Crippen molar-refractivity contribution in [3.63, 3.8) is 0 Å². The molecule has 39 heavy (non-hydrogen) atoms. The fourth-order valence-electron chi connectivity index (χ4n) is 5.43. The molecule has 2 aromatic carbocycles. The Balaban J connectivity index is 1.34. The van der Waals surface area contributed by atoms with Gasteiger partial charge >= 0.3 is 0 Å². The number of benzene rings is 2. The SMILES string of the molecule is O=S(=O)(NC1CCC(O)CC1)c1ccc(-c2oc3ncnc(NC[C@@H]4CCCO4)c3c2-c2ccccc2)cc1. The van der Waals surface area contributed by atoms with Crippen LogP contribution in [0.4, 0.5) is 5.82 Å². The molecule has 1 atom stereocenters. The number of ether oxygens (including phenoxy) is 1. The largest absolute Gasteiger partial charge is 0.437 e. The maximum absolute atomic E-state index is 13.1. The van der Waals surface area contributed by atoms with Gasteiger partial charge < -0.3 is 19.6 Å². The van der Waals surface area contributed by atoms with E-state index >= 15 is 0 Å². The van der Waals surface area contributed by atoms with E-state index in [2.05, 4.69) is 20.0 Å². The summed E-state index contributed by atoms with van der Waals surface area (Å²) in [5, 5.41) is 13.9. The summed E-state index contributed by atoms with van der Waals surface area (Å²) < 4.78 is 41.0. The fraction of sp³-hybridized carbons (Fsp3) is 0.379. The molecule has 3 N–H and O–H groups in total. The van der Waals surface area contributed by atoms with Crippen molar-refractivity contribution >= 4 is 26.9 Å². The van der Waals surface area contributed by atoms with Crippen LogP contribution in [0.5, 0.6) is 0 Å². The number of furan rings is 1. The molecule has 10 heteroatoms. The number of hydrogen-bond donors (Lipinski definition) is 3. The molecule has 0 bridgehead atoms. The summed E-state index contributed by atoms with van der Waals surface area (Å²) in [5.74, 6) is 1.26. The zero-order chi connectivity index (χ0) is 26.8. The van der Waals surface area contributed by atoms with Crippen LogP contribution in [0.25, 0.3) is 33.6 Å². The van der Waals surface area contributed by atoms with Crippen LogP contribution in [-0.4, -0.2) is 54.9 Å². The van der Waals surface area contributed by atoms with Gasteiger partial charge in [0.05, 0.1) is 22.5 Å². The van der Waals surface area contributed by atoms with E-state index in [4.69, 9.17) is 9.15 Å². The molecule has 0 amide bonds. The third kappa shape index (κ3) is 5.56. The maximum atomic E-state index is 13.1. The molecule has 6 rings (SSSR count). The Hall–Kier alpha value is -3.31. The summed E-state index contributed by atoms with van der Waals surface area (Å²) in [7, 11) is -3.69. The van der Waals surface area contributed by atoms with Crippen molar-refractivity contribution in [1.82, 2.24) is 14.7 Å². The molecule has 0 spiro atoms. The zero-order valence-electron chi connectivity index (χ0n) is 21.5. The summed E-state index contributed by atoms with van der Waals surface area (Å²) in [6.07, 6.45) is 5.81. The molecule has 4 aromatic rings. The summed E-state index contributed by atoms with van der Waals surface area (Å²) in [4.78, 5) is 9.12. The number of aliphatic hydroxyl groups excluding tert-OH is 1. The van der Waals surface area contributed by atoms with E-state index in [-0.39, 0.29) is 23.1 Å². The highest BCUT2D eigenvalue weighted by atomic mass is 32.2. The first-order valence-corrected chi connectivity index (χ1v) is 15.0. The van der Waals surface area contributed by atoms with Crippen molar-refractivity contribution < 1.29 is 22.7 Å². The quantitative estimate of drug-likeness (QED) is 0.289. The van der Waals surface area contributed by atoms with E-state index in [9.17, 15) is 13.5 Å². The Morgan fingerprint density at radius 1 is 0.923 bits per heavy atom. The topological polar surface area (TPSA) is 127 Å². The predicted octanol–water partition coefficient (Wildman–Crippen LogP) is 4.73. The monoisotopic (exact) mass is 548 g/mol. The second-order valence-electron chi connectivity index (χ2n) is 10.2. The average molecular weight is 549 g/mol. The van der Waals surface area contributed by atoms with Crippen molar-refractivity contribution in [2.75, 3.05) is 18.5 Å². The molecule has 2 aromatic heterocycles. The second-order valence-corrected chi connectivity index (χ2v) is 12.0. The van der Waals surface area contributed by atoms with Crippen molar-refractivity contribution in [3.8, 4) is 22.5 Å². The van der Waals surface area contributed by atoms with Crippen LogP contribution in [0.1, 0.15) is 38.5 Å². The normalized spacial score (nSPS) is 21.8. The van der Waals surface area contributed by atoms with Crippen LogP contribution in [0.15, 0.2) is 70.2 Å². The van der Waals surface area contributed by atoms with Gasteiger partial charge in [-0.25, -0.2) is 23.1 Å². The summed E-state index contributed by atoms with van der Waals surface area (Å²) >= 11 is 0. The van der Waals surface area contributed by atoms with Crippen molar-refractivity contribution in [3.05, 3.63) is 60.9 Å². The van der Waals surface area contributed by atoms with Gasteiger partial charge in [0.2, 0.25) is 15.7 Å². The molecule has 1 aliphatic carbocycles. The lowest BCUT2D eigenvalue weighted by atomic mass is 9.94. The van der Waals surface area contributed by atoms with Crippen molar-refractivity contribution in [2.24, 2.45) is 0 Å². The maximum Gasteiger partial charge on any atom is 0.240 e. The van der Waals surface area contributed by atoms with Gasteiger partial charge in [-0.05, 0) is 68.4 Å².